The predicted molar refractivity (Wildman–Crippen MR) is 89.9 cm³/mol. The summed E-state index contributed by atoms with van der Waals surface area (Å²) in [5.74, 6) is 0. The van der Waals surface area contributed by atoms with Crippen LogP contribution in [0.3, 0.4) is 0 Å². The van der Waals surface area contributed by atoms with Crippen LogP contribution in [-0.2, 0) is 4.74 Å². The van der Waals surface area contributed by atoms with Crippen molar-refractivity contribution in [2.75, 3.05) is 11.9 Å². The fourth-order valence-corrected chi connectivity index (χ4v) is 2.84. The van der Waals surface area contributed by atoms with E-state index in [1.807, 2.05) is 31.2 Å². The van der Waals surface area contributed by atoms with Crippen LogP contribution in [0.5, 0.6) is 0 Å². The van der Waals surface area contributed by atoms with Gasteiger partial charge in [-0.2, -0.15) is 0 Å². The number of hydrogen-bond donors (Lipinski definition) is 1. The lowest BCUT2D eigenvalue weighted by molar-refractivity contribution is 0.160. The maximum atomic E-state index is 11.6. The van der Waals surface area contributed by atoms with Crippen LogP contribution in [0, 0.1) is 6.92 Å². The number of nitrogens with one attached hydrogen (secondary N) is 1. The number of carbonyl (C=O) groups is 1. The van der Waals surface area contributed by atoms with Crippen LogP contribution in [0.4, 0.5) is 9.93 Å². The molecule has 1 N–H and O–H groups in total. The summed E-state index contributed by atoms with van der Waals surface area (Å²) < 4.78 is 6.09. The highest BCUT2D eigenvalue weighted by atomic mass is 79.9. The molecule has 0 atom stereocenters. The second-order valence-corrected chi connectivity index (χ2v) is 6.66. The molecule has 0 saturated carbocycles. The van der Waals surface area contributed by atoms with Crippen molar-refractivity contribution in [3.05, 3.63) is 33.6 Å². The molecule has 1 aromatic heterocycles. The Kier molecular flexibility index (Phi) is 5.76. The van der Waals surface area contributed by atoms with Gasteiger partial charge in [-0.1, -0.05) is 41.4 Å². The third-order valence-corrected chi connectivity index (χ3v) is 4.27. The molecule has 1 heterocycles. The zero-order valence-corrected chi connectivity index (χ0v) is 14.4. The Bertz CT molecular complexity index is 611. The summed E-state index contributed by atoms with van der Waals surface area (Å²) in [7, 11) is 0. The minimum absolute atomic E-state index is 0.437. The van der Waals surface area contributed by atoms with E-state index in [1.165, 1.54) is 11.3 Å². The van der Waals surface area contributed by atoms with Crippen molar-refractivity contribution in [1.82, 2.24) is 4.98 Å². The van der Waals surface area contributed by atoms with E-state index in [4.69, 9.17) is 4.74 Å². The van der Waals surface area contributed by atoms with Crippen molar-refractivity contribution in [2.45, 2.75) is 26.7 Å². The van der Waals surface area contributed by atoms with Crippen molar-refractivity contribution in [3.8, 4) is 11.3 Å². The summed E-state index contributed by atoms with van der Waals surface area (Å²) in [4.78, 5) is 17.1. The number of anilines is 1. The molecule has 112 valence electrons. The van der Waals surface area contributed by atoms with Gasteiger partial charge in [0.15, 0.2) is 5.13 Å². The third kappa shape index (κ3) is 4.54. The fourth-order valence-electron chi connectivity index (χ4n) is 1.76. The highest BCUT2D eigenvalue weighted by Gasteiger charge is 2.12. The number of aromatic nitrogens is 1. The van der Waals surface area contributed by atoms with Crippen LogP contribution >= 0.6 is 27.3 Å². The van der Waals surface area contributed by atoms with Crippen molar-refractivity contribution in [2.24, 2.45) is 0 Å². The Morgan fingerprint density at radius 1 is 1.38 bits per heavy atom. The number of amides is 1. The largest absolute Gasteiger partial charge is 0.449 e. The number of hydrogen-bond acceptors (Lipinski definition) is 4. The zero-order chi connectivity index (χ0) is 15.2. The second-order valence-electron chi connectivity index (χ2n) is 4.55. The molecule has 21 heavy (non-hydrogen) atoms. The number of carbonyl (C=O) groups excluding carboxylic acids is 1. The molecule has 4 nitrogen and oxygen atoms in total. The molecular weight excluding hydrogens is 352 g/mol. The molecule has 0 spiro atoms. The Morgan fingerprint density at radius 3 is 2.76 bits per heavy atom. The Labute approximate surface area is 136 Å². The van der Waals surface area contributed by atoms with Gasteiger partial charge >= 0.3 is 6.09 Å². The van der Waals surface area contributed by atoms with Crippen molar-refractivity contribution in [3.63, 3.8) is 0 Å². The van der Waals surface area contributed by atoms with Gasteiger partial charge < -0.3 is 4.74 Å². The normalized spacial score (nSPS) is 10.4. The highest BCUT2D eigenvalue weighted by molar-refractivity contribution is 9.10. The third-order valence-electron chi connectivity index (χ3n) is 2.85. The van der Waals surface area contributed by atoms with Crippen molar-refractivity contribution < 1.29 is 9.53 Å². The van der Waals surface area contributed by atoms with Crippen LogP contribution < -0.4 is 5.32 Å². The maximum Gasteiger partial charge on any atom is 0.413 e. The number of rotatable bonds is 5. The Hall–Kier alpha value is -1.40. The lowest BCUT2D eigenvalue weighted by Gasteiger charge is -2.03. The monoisotopic (exact) mass is 368 g/mol. The summed E-state index contributed by atoms with van der Waals surface area (Å²) in [5.41, 5.74) is 1.91. The van der Waals surface area contributed by atoms with Gasteiger partial charge in [-0.3, -0.25) is 5.32 Å². The molecule has 0 saturated heterocycles. The molecule has 6 heteroatoms. The van der Waals surface area contributed by atoms with Crippen LogP contribution in [0.2, 0.25) is 0 Å². The van der Waals surface area contributed by atoms with E-state index < -0.39 is 6.09 Å². The number of unbranched alkanes of at least 4 members (excludes halogenated alkanes) is 1. The molecule has 0 radical (unpaired) electrons. The standard InChI is InChI=1S/C15H17BrN2O2S/c1-3-4-9-20-15(19)18-14-17-13(10(2)21-14)11-5-7-12(16)8-6-11/h5-8H,3-4,9H2,1-2H3,(H,17,18,19). The molecule has 2 rings (SSSR count). The Balaban J connectivity index is 2.05. The fraction of sp³-hybridized carbons (Fsp3) is 0.333. The first-order valence-corrected chi connectivity index (χ1v) is 8.38. The highest BCUT2D eigenvalue weighted by Crippen LogP contribution is 2.31. The van der Waals surface area contributed by atoms with E-state index in [0.29, 0.717) is 11.7 Å². The molecule has 0 unspecified atom stereocenters. The van der Waals surface area contributed by atoms with E-state index in [-0.39, 0.29) is 0 Å². The summed E-state index contributed by atoms with van der Waals surface area (Å²) in [6.07, 6.45) is 1.42. The maximum absolute atomic E-state index is 11.6. The van der Waals surface area contributed by atoms with Crippen molar-refractivity contribution >= 4 is 38.5 Å². The molecule has 0 aliphatic rings. The van der Waals surface area contributed by atoms with Crippen LogP contribution in [0.1, 0.15) is 24.6 Å². The van der Waals surface area contributed by atoms with Gasteiger partial charge in [0, 0.05) is 14.9 Å². The number of aryl methyl sites for hydroxylation is 1. The quantitative estimate of drug-likeness (QED) is 0.735. The van der Waals surface area contributed by atoms with E-state index in [0.717, 1.165) is 33.4 Å². The van der Waals surface area contributed by atoms with Gasteiger partial charge in [0.2, 0.25) is 0 Å². The lowest BCUT2D eigenvalue weighted by atomic mass is 10.1. The smallest absolute Gasteiger partial charge is 0.413 e. The summed E-state index contributed by atoms with van der Waals surface area (Å²) in [6, 6.07) is 7.94. The summed E-state index contributed by atoms with van der Waals surface area (Å²) in [5, 5.41) is 3.24. The van der Waals surface area contributed by atoms with Crippen molar-refractivity contribution in [1.29, 1.82) is 0 Å². The van der Waals surface area contributed by atoms with Gasteiger partial charge in [-0.05, 0) is 25.5 Å². The second kappa shape index (κ2) is 7.56. The topological polar surface area (TPSA) is 51.2 Å². The first-order valence-electron chi connectivity index (χ1n) is 6.77. The van der Waals surface area contributed by atoms with Crippen LogP contribution in [0.25, 0.3) is 11.3 Å². The average molecular weight is 369 g/mol. The molecule has 0 aliphatic heterocycles. The van der Waals surface area contributed by atoms with Gasteiger partial charge in [0.05, 0.1) is 12.3 Å². The summed E-state index contributed by atoms with van der Waals surface area (Å²) in [6.45, 7) is 4.48. The average Bonchev–Trinajstić information content (AvgIpc) is 2.80. The number of halogens is 1. The zero-order valence-electron chi connectivity index (χ0n) is 12.0. The molecular formula is C15H17BrN2O2S. The molecule has 2 aromatic rings. The first kappa shape index (κ1) is 16.0. The van der Waals surface area contributed by atoms with E-state index in [1.54, 1.807) is 0 Å². The number of nitrogens with zero attached hydrogens (tertiary/aromatic N) is 1. The minimum atomic E-state index is -0.445. The molecule has 0 bridgehead atoms. The number of thiazole rings is 1. The molecule has 1 amide bonds. The van der Waals surface area contributed by atoms with Gasteiger partial charge in [-0.15, -0.1) is 11.3 Å². The van der Waals surface area contributed by atoms with Gasteiger partial charge in [-0.25, -0.2) is 9.78 Å². The van der Waals surface area contributed by atoms with Crippen LogP contribution in [0.15, 0.2) is 28.7 Å². The van der Waals surface area contributed by atoms with Gasteiger partial charge in [0.1, 0.15) is 0 Å². The molecule has 0 fully saturated rings. The van der Waals surface area contributed by atoms with E-state index in [9.17, 15) is 4.79 Å². The Morgan fingerprint density at radius 2 is 2.10 bits per heavy atom. The minimum Gasteiger partial charge on any atom is -0.449 e. The first-order chi connectivity index (χ1) is 10.1. The number of benzene rings is 1. The van der Waals surface area contributed by atoms with E-state index >= 15 is 0 Å². The van der Waals surface area contributed by atoms with E-state index in [2.05, 4.69) is 33.2 Å². The van der Waals surface area contributed by atoms with Crippen LogP contribution in [-0.4, -0.2) is 17.7 Å². The predicted octanol–water partition coefficient (Wildman–Crippen LogP) is 5.23. The number of ether oxygens (including phenoxy) is 1. The molecule has 1 aromatic carbocycles. The lowest BCUT2D eigenvalue weighted by Crippen LogP contribution is -2.14. The SMILES string of the molecule is CCCCOC(=O)Nc1nc(-c2ccc(Br)cc2)c(C)s1. The summed E-state index contributed by atoms with van der Waals surface area (Å²) >= 11 is 4.86. The van der Waals surface area contributed by atoms with Gasteiger partial charge in [0.25, 0.3) is 0 Å². The molecule has 0 aliphatic carbocycles.